The van der Waals surface area contributed by atoms with Crippen LogP contribution in [0.15, 0.2) is 24.5 Å². The number of H-pyrrole nitrogens is 1. The van der Waals surface area contributed by atoms with E-state index in [4.69, 9.17) is 5.73 Å². The van der Waals surface area contributed by atoms with Crippen molar-refractivity contribution in [2.45, 2.75) is 26.4 Å². The first kappa shape index (κ1) is 12.2. The minimum atomic E-state index is -0.144. The molecule has 0 saturated carbocycles. The highest BCUT2D eigenvalue weighted by atomic mass is 16.1. The molecule has 0 aliphatic carbocycles. The maximum atomic E-state index is 12.1. The normalized spacial score (nSPS) is 10.8. The second-order valence-electron chi connectivity index (χ2n) is 4.42. The number of hydrogen-bond donors (Lipinski definition) is 3. The number of rotatable bonds is 4. The molecular formula is C12H17N5O. The van der Waals surface area contributed by atoms with Gasteiger partial charge in [0.25, 0.3) is 5.91 Å². The van der Waals surface area contributed by atoms with Crippen molar-refractivity contribution in [1.82, 2.24) is 20.1 Å². The Bertz CT molecular complexity index is 527. The second kappa shape index (κ2) is 4.95. The van der Waals surface area contributed by atoms with Gasteiger partial charge in [-0.3, -0.25) is 9.89 Å². The molecule has 4 N–H and O–H groups in total. The molecule has 0 unspecified atom stereocenters. The molecule has 0 saturated heterocycles. The van der Waals surface area contributed by atoms with Crippen molar-refractivity contribution in [1.29, 1.82) is 0 Å². The summed E-state index contributed by atoms with van der Waals surface area (Å²) in [6.45, 7) is 4.43. The average molecular weight is 247 g/mol. The van der Waals surface area contributed by atoms with Crippen molar-refractivity contribution in [2.24, 2.45) is 0 Å². The van der Waals surface area contributed by atoms with Gasteiger partial charge in [0.15, 0.2) is 0 Å². The Hall–Kier alpha value is -2.24. The lowest BCUT2D eigenvalue weighted by Gasteiger charge is -2.12. The number of nitrogens with two attached hydrogens (primary N) is 1. The molecular weight excluding hydrogens is 230 g/mol. The Morgan fingerprint density at radius 2 is 2.39 bits per heavy atom. The smallest absolute Gasteiger partial charge is 0.268 e. The van der Waals surface area contributed by atoms with E-state index >= 15 is 0 Å². The molecule has 6 nitrogen and oxygen atoms in total. The molecule has 0 bridgehead atoms. The molecule has 0 radical (unpaired) electrons. The van der Waals surface area contributed by atoms with E-state index in [2.05, 4.69) is 15.5 Å². The number of nitrogens with zero attached hydrogens (tertiary/aromatic N) is 2. The van der Waals surface area contributed by atoms with E-state index in [1.54, 1.807) is 18.5 Å². The predicted molar refractivity (Wildman–Crippen MR) is 69.0 cm³/mol. The van der Waals surface area contributed by atoms with Crippen molar-refractivity contribution in [3.63, 3.8) is 0 Å². The number of hydrogen-bond acceptors (Lipinski definition) is 3. The van der Waals surface area contributed by atoms with Crippen molar-refractivity contribution in [3.05, 3.63) is 35.9 Å². The third-order valence-corrected chi connectivity index (χ3v) is 2.66. The third kappa shape index (κ3) is 2.53. The molecule has 0 fully saturated rings. The van der Waals surface area contributed by atoms with Crippen molar-refractivity contribution < 1.29 is 4.79 Å². The average Bonchev–Trinajstić information content (AvgIpc) is 2.94. The predicted octanol–water partition coefficient (Wildman–Crippen LogP) is 1.30. The maximum absolute atomic E-state index is 12.1. The Labute approximate surface area is 105 Å². The molecule has 0 aliphatic heterocycles. The minimum Gasteiger partial charge on any atom is -0.397 e. The Morgan fingerprint density at radius 3 is 3.00 bits per heavy atom. The van der Waals surface area contributed by atoms with Crippen LogP contribution in [0.2, 0.25) is 0 Å². The zero-order valence-corrected chi connectivity index (χ0v) is 10.5. The lowest BCUT2D eigenvalue weighted by atomic mass is 10.3. The second-order valence-corrected chi connectivity index (χ2v) is 4.42. The molecule has 2 aromatic heterocycles. The van der Waals surface area contributed by atoms with Gasteiger partial charge in [-0.15, -0.1) is 0 Å². The van der Waals surface area contributed by atoms with Gasteiger partial charge in [-0.25, -0.2) is 0 Å². The van der Waals surface area contributed by atoms with E-state index in [0.29, 0.717) is 17.9 Å². The minimum absolute atomic E-state index is 0.144. The highest BCUT2D eigenvalue weighted by molar-refractivity contribution is 5.93. The van der Waals surface area contributed by atoms with Crippen LogP contribution >= 0.6 is 0 Å². The van der Waals surface area contributed by atoms with E-state index in [9.17, 15) is 4.79 Å². The zero-order valence-electron chi connectivity index (χ0n) is 10.5. The fourth-order valence-electron chi connectivity index (χ4n) is 1.76. The topological polar surface area (TPSA) is 88.7 Å². The first-order chi connectivity index (χ1) is 8.58. The number of carbonyl (C=O) groups is 1. The lowest BCUT2D eigenvalue weighted by molar-refractivity contribution is 0.0939. The maximum Gasteiger partial charge on any atom is 0.268 e. The van der Waals surface area contributed by atoms with Gasteiger partial charge in [0.05, 0.1) is 17.9 Å². The summed E-state index contributed by atoms with van der Waals surface area (Å²) in [5.41, 5.74) is 7.75. The van der Waals surface area contributed by atoms with Crippen LogP contribution in [0.5, 0.6) is 0 Å². The van der Waals surface area contributed by atoms with Crippen LogP contribution < -0.4 is 11.1 Å². The molecule has 0 aliphatic rings. The zero-order chi connectivity index (χ0) is 13.1. The molecule has 2 aromatic rings. The largest absolute Gasteiger partial charge is 0.397 e. The van der Waals surface area contributed by atoms with Gasteiger partial charge in [0.1, 0.15) is 5.69 Å². The van der Waals surface area contributed by atoms with E-state index < -0.39 is 0 Å². The fraction of sp³-hybridized carbons (Fsp3) is 0.333. The third-order valence-electron chi connectivity index (χ3n) is 2.66. The summed E-state index contributed by atoms with van der Waals surface area (Å²) in [6.07, 6.45) is 3.42. The molecule has 0 spiro atoms. The quantitative estimate of drug-likeness (QED) is 0.761. The molecule has 18 heavy (non-hydrogen) atoms. The van der Waals surface area contributed by atoms with Crippen molar-refractivity contribution in [2.75, 3.05) is 5.73 Å². The van der Waals surface area contributed by atoms with Crippen LogP contribution in [0.4, 0.5) is 5.69 Å². The number of aromatic nitrogens is 3. The first-order valence-electron chi connectivity index (χ1n) is 5.81. The van der Waals surface area contributed by atoms with E-state index in [1.807, 2.05) is 24.5 Å². The number of carbonyl (C=O) groups excluding carboxylic acids is 1. The van der Waals surface area contributed by atoms with Gasteiger partial charge in [-0.1, -0.05) is 0 Å². The summed E-state index contributed by atoms with van der Waals surface area (Å²) in [4.78, 5) is 12.1. The summed E-state index contributed by atoms with van der Waals surface area (Å²) in [7, 11) is 0. The Balaban J connectivity index is 2.09. The Kier molecular flexibility index (Phi) is 3.36. The summed E-state index contributed by atoms with van der Waals surface area (Å²) >= 11 is 0. The van der Waals surface area contributed by atoms with E-state index in [1.165, 1.54) is 0 Å². The summed E-state index contributed by atoms with van der Waals surface area (Å²) in [6, 6.07) is 3.69. The number of amides is 1. The van der Waals surface area contributed by atoms with Crippen LogP contribution in [0.25, 0.3) is 0 Å². The number of aromatic amines is 1. The van der Waals surface area contributed by atoms with Gasteiger partial charge in [0, 0.05) is 18.4 Å². The van der Waals surface area contributed by atoms with Crippen LogP contribution in [0, 0.1) is 0 Å². The standard InChI is InChI=1S/C12H17N5O/c1-8(2)17-7-9(13)5-11(17)12(18)14-6-10-3-4-15-16-10/h3-5,7-8H,6,13H2,1-2H3,(H,14,18)(H,15,16). The number of anilines is 1. The summed E-state index contributed by atoms with van der Waals surface area (Å²) in [5.74, 6) is -0.144. The van der Waals surface area contributed by atoms with Crippen LogP contribution in [0.3, 0.4) is 0 Å². The van der Waals surface area contributed by atoms with Crippen LogP contribution in [-0.2, 0) is 6.54 Å². The summed E-state index contributed by atoms with van der Waals surface area (Å²) < 4.78 is 1.86. The molecule has 2 heterocycles. The molecule has 2 rings (SSSR count). The summed E-state index contributed by atoms with van der Waals surface area (Å²) in [5, 5.41) is 9.43. The van der Waals surface area contributed by atoms with Gasteiger partial charge in [-0.2, -0.15) is 5.10 Å². The van der Waals surface area contributed by atoms with Crippen LogP contribution in [0.1, 0.15) is 36.1 Å². The first-order valence-corrected chi connectivity index (χ1v) is 5.81. The monoisotopic (exact) mass is 247 g/mol. The van der Waals surface area contributed by atoms with Gasteiger partial charge >= 0.3 is 0 Å². The van der Waals surface area contributed by atoms with Gasteiger partial charge in [0.2, 0.25) is 0 Å². The number of nitrogens with one attached hydrogen (secondary N) is 2. The Morgan fingerprint density at radius 1 is 1.61 bits per heavy atom. The van der Waals surface area contributed by atoms with Crippen LogP contribution in [-0.4, -0.2) is 20.7 Å². The van der Waals surface area contributed by atoms with Gasteiger partial charge in [-0.05, 0) is 26.0 Å². The van der Waals surface area contributed by atoms with E-state index in [-0.39, 0.29) is 11.9 Å². The SMILES string of the molecule is CC(C)n1cc(N)cc1C(=O)NCc1ccn[nH]1. The van der Waals surface area contributed by atoms with Crippen molar-refractivity contribution >= 4 is 11.6 Å². The highest BCUT2D eigenvalue weighted by Crippen LogP contribution is 2.16. The molecule has 96 valence electrons. The molecule has 0 atom stereocenters. The highest BCUT2D eigenvalue weighted by Gasteiger charge is 2.14. The van der Waals surface area contributed by atoms with E-state index in [0.717, 1.165) is 5.69 Å². The molecule has 1 amide bonds. The molecule has 6 heteroatoms. The molecule has 0 aromatic carbocycles. The van der Waals surface area contributed by atoms with Gasteiger partial charge < -0.3 is 15.6 Å². The van der Waals surface area contributed by atoms with Crippen molar-refractivity contribution in [3.8, 4) is 0 Å². The number of nitrogen functional groups attached to an aromatic ring is 1. The lowest BCUT2D eigenvalue weighted by Crippen LogP contribution is -2.26. The fourth-order valence-corrected chi connectivity index (χ4v) is 1.76.